The summed E-state index contributed by atoms with van der Waals surface area (Å²) in [5, 5.41) is 13.5. The quantitative estimate of drug-likeness (QED) is 0.871. The van der Waals surface area contributed by atoms with Crippen LogP contribution < -0.4 is 5.32 Å². The lowest BCUT2D eigenvalue weighted by Crippen LogP contribution is -2.27. The summed E-state index contributed by atoms with van der Waals surface area (Å²) in [5.41, 5.74) is 2.40. The first-order chi connectivity index (χ1) is 9.13. The van der Waals surface area contributed by atoms with Gasteiger partial charge in [0.05, 0.1) is 0 Å². The Labute approximate surface area is 119 Å². The lowest BCUT2D eigenvalue weighted by atomic mass is 10.1. The van der Waals surface area contributed by atoms with Gasteiger partial charge in [0.2, 0.25) is 0 Å². The van der Waals surface area contributed by atoms with Crippen LogP contribution in [-0.2, 0) is 13.0 Å². The second-order valence-electron chi connectivity index (χ2n) is 4.78. The van der Waals surface area contributed by atoms with Crippen LogP contribution in [0.15, 0.2) is 48.5 Å². The third kappa shape index (κ3) is 4.58. The molecule has 1 unspecified atom stereocenters. The lowest BCUT2D eigenvalue weighted by Gasteiger charge is -2.14. The van der Waals surface area contributed by atoms with Gasteiger partial charge in [-0.3, -0.25) is 0 Å². The SMILES string of the molecule is CC(Cc1ccc(O)cc1)NCc1cccc(Cl)c1. The van der Waals surface area contributed by atoms with E-state index in [2.05, 4.69) is 18.3 Å². The molecule has 0 amide bonds. The fourth-order valence-corrected chi connectivity index (χ4v) is 2.21. The summed E-state index contributed by atoms with van der Waals surface area (Å²) in [6, 6.07) is 15.6. The number of hydrogen-bond donors (Lipinski definition) is 2. The second-order valence-corrected chi connectivity index (χ2v) is 5.22. The van der Waals surface area contributed by atoms with E-state index in [1.807, 2.05) is 30.3 Å². The number of phenols is 1. The van der Waals surface area contributed by atoms with Crippen LogP contribution in [-0.4, -0.2) is 11.1 Å². The summed E-state index contributed by atoms with van der Waals surface area (Å²) < 4.78 is 0. The van der Waals surface area contributed by atoms with Crippen LogP contribution in [0.2, 0.25) is 5.02 Å². The molecule has 0 saturated carbocycles. The normalized spacial score (nSPS) is 12.3. The predicted molar refractivity (Wildman–Crippen MR) is 79.6 cm³/mol. The molecule has 0 fully saturated rings. The van der Waals surface area contributed by atoms with Gasteiger partial charge in [-0.05, 0) is 48.7 Å². The highest BCUT2D eigenvalue weighted by molar-refractivity contribution is 6.30. The van der Waals surface area contributed by atoms with Crippen LogP contribution in [0.3, 0.4) is 0 Å². The zero-order chi connectivity index (χ0) is 13.7. The van der Waals surface area contributed by atoms with Crippen molar-refractivity contribution in [3.8, 4) is 5.75 Å². The molecule has 100 valence electrons. The first-order valence-electron chi connectivity index (χ1n) is 6.39. The van der Waals surface area contributed by atoms with E-state index in [4.69, 9.17) is 11.6 Å². The molecule has 3 heteroatoms. The topological polar surface area (TPSA) is 32.3 Å². The summed E-state index contributed by atoms with van der Waals surface area (Å²) in [5.74, 6) is 0.309. The monoisotopic (exact) mass is 275 g/mol. The van der Waals surface area contributed by atoms with Crippen molar-refractivity contribution in [2.75, 3.05) is 0 Å². The average Bonchev–Trinajstić information content (AvgIpc) is 2.39. The molecule has 2 aromatic carbocycles. The first kappa shape index (κ1) is 13.9. The Balaban J connectivity index is 1.84. The molecule has 0 aromatic heterocycles. The fourth-order valence-electron chi connectivity index (χ4n) is 2.00. The number of phenolic OH excluding ortho intramolecular Hbond substituents is 1. The molecule has 0 spiro atoms. The van der Waals surface area contributed by atoms with E-state index in [9.17, 15) is 5.11 Å². The van der Waals surface area contributed by atoms with Crippen LogP contribution in [0.25, 0.3) is 0 Å². The zero-order valence-corrected chi connectivity index (χ0v) is 11.7. The summed E-state index contributed by atoms with van der Waals surface area (Å²) in [6.45, 7) is 2.96. The number of benzene rings is 2. The predicted octanol–water partition coefficient (Wildman–Crippen LogP) is 3.77. The highest BCUT2D eigenvalue weighted by Gasteiger charge is 2.03. The van der Waals surface area contributed by atoms with Crippen LogP contribution in [0, 0.1) is 0 Å². The molecular weight excluding hydrogens is 258 g/mol. The number of rotatable bonds is 5. The summed E-state index contributed by atoms with van der Waals surface area (Å²) in [6.07, 6.45) is 0.931. The van der Waals surface area contributed by atoms with Gasteiger partial charge < -0.3 is 10.4 Å². The fraction of sp³-hybridized carbons (Fsp3) is 0.250. The number of hydrogen-bond acceptors (Lipinski definition) is 2. The van der Waals surface area contributed by atoms with Crippen LogP contribution >= 0.6 is 11.6 Å². The van der Waals surface area contributed by atoms with E-state index in [0.717, 1.165) is 18.0 Å². The lowest BCUT2D eigenvalue weighted by molar-refractivity contribution is 0.474. The van der Waals surface area contributed by atoms with Crippen molar-refractivity contribution in [1.82, 2.24) is 5.32 Å². The molecule has 1 atom stereocenters. The molecule has 0 saturated heterocycles. The highest BCUT2D eigenvalue weighted by atomic mass is 35.5. The molecule has 0 aliphatic rings. The minimum atomic E-state index is 0.309. The molecule has 19 heavy (non-hydrogen) atoms. The van der Waals surface area contributed by atoms with Crippen molar-refractivity contribution >= 4 is 11.6 Å². The second kappa shape index (κ2) is 6.60. The molecule has 2 aromatic rings. The van der Waals surface area contributed by atoms with Gasteiger partial charge in [-0.1, -0.05) is 35.9 Å². The van der Waals surface area contributed by atoms with E-state index in [1.165, 1.54) is 11.1 Å². The van der Waals surface area contributed by atoms with Crippen molar-refractivity contribution in [2.45, 2.75) is 25.9 Å². The van der Waals surface area contributed by atoms with Gasteiger partial charge in [0.25, 0.3) is 0 Å². The number of nitrogens with one attached hydrogen (secondary N) is 1. The van der Waals surface area contributed by atoms with Crippen LogP contribution in [0.1, 0.15) is 18.1 Å². The number of aromatic hydroxyl groups is 1. The Morgan fingerprint density at radius 2 is 1.84 bits per heavy atom. The van der Waals surface area contributed by atoms with Crippen molar-refractivity contribution in [1.29, 1.82) is 0 Å². The van der Waals surface area contributed by atoms with Crippen LogP contribution in [0.5, 0.6) is 5.75 Å². The summed E-state index contributed by atoms with van der Waals surface area (Å²) in [4.78, 5) is 0. The van der Waals surface area contributed by atoms with Gasteiger partial charge in [-0.2, -0.15) is 0 Å². The van der Waals surface area contributed by atoms with Crippen molar-refractivity contribution < 1.29 is 5.11 Å². The Bertz CT molecular complexity index is 525. The van der Waals surface area contributed by atoms with Gasteiger partial charge in [-0.15, -0.1) is 0 Å². The summed E-state index contributed by atoms with van der Waals surface area (Å²) >= 11 is 5.95. The highest BCUT2D eigenvalue weighted by Crippen LogP contribution is 2.13. The van der Waals surface area contributed by atoms with E-state index in [1.54, 1.807) is 12.1 Å². The van der Waals surface area contributed by atoms with E-state index >= 15 is 0 Å². The van der Waals surface area contributed by atoms with Crippen molar-refractivity contribution in [3.63, 3.8) is 0 Å². The molecule has 0 radical (unpaired) electrons. The van der Waals surface area contributed by atoms with Crippen molar-refractivity contribution in [2.24, 2.45) is 0 Å². The molecule has 2 nitrogen and oxygen atoms in total. The Kier molecular flexibility index (Phi) is 4.83. The molecule has 0 bridgehead atoms. The van der Waals surface area contributed by atoms with Crippen LogP contribution in [0.4, 0.5) is 0 Å². The molecule has 2 N–H and O–H groups in total. The van der Waals surface area contributed by atoms with Gasteiger partial charge in [-0.25, -0.2) is 0 Å². The minimum Gasteiger partial charge on any atom is -0.508 e. The summed E-state index contributed by atoms with van der Waals surface area (Å²) in [7, 11) is 0. The van der Waals surface area contributed by atoms with Gasteiger partial charge >= 0.3 is 0 Å². The molecule has 0 heterocycles. The largest absolute Gasteiger partial charge is 0.508 e. The third-order valence-electron chi connectivity index (χ3n) is 3.02. The van der Waals surface area contributed by atoms with Crippen molar-refractivity contribution in [3.05, 3.63) is 64.7 Å². The van der Waals surface area contributed by atoms with E-state index < -0.39 is 0 Å². The molecule has 0 aliphatic carbocycles. The maximum atomic E-state index is 9.24. The minimum absolute atomic E-state index is 0.309. The third-order valence-corrected chi connectivity index (χ3v) is 3.26. The average molecular weight is 276 g/mol. The Morgan fingerprint density at radius 1 is 1.11 bits per heavy atom. The van der Waals surface area contributed by atoms with E-state index in [0.29, 0.717) is 11.8 Å². The maximum absolute atomic E-state index is 9.24. The zero-order valence-electron chi connectivity index (χ0n) is 10.9. The molecular formula is C16H18ClNO. The number of halogens is 1. The molecule has 0 aliphatic heterocycles. The van der Waals surface area contributed by atoms with Gasteiger partial charge in [0, 0.05) is 17.6 Å². The smallest absolute Gasteiger partial charge is 0.115 e. The Hall–Kier alpha value is -1.51. The molecule has 2 rings (SSSR count). The Morgan fingerprint density at radius 3 is 2.53 bits per heavy atom. The van der Waals surface area contributed by atoms with Gasteiger partial charge in [0.1, 0.15) is 5.75 Å². The first-order valence-corrected chi connectivity index (χ1v) is 6.77. The maximum Gasteiger partial charge on any atom is 0.115 e. The standard InChI is InChI=1S/C16H18ClNO/c1-12(9-13-5-7-16(19)8-6-13)18-11-14-3-2-4-15(17)10-14/h2-8,10,12,18-19H,9,11H2,1H3. The van der Waals surface area contributed by atoms with Gasteiger partial charge in [0.15, 0.2) is 0 Å². The van der Waals surface area contributed by atoms with E-state index in [-0.39, 0.29) is 0 Å².